The van der Waals surface area contributed by atoms with Crippen molar-refractivity contribution in [3.63, 3.8) is 0 Å². The van der Waals surface area contributed by atoms with Gasteiger partial charge in [0, 0.05) is 13.1 Å². The molecule has 2 amide bonds. The Bertz CT molecular complexity index is 334. The van der Waals surface area contributed by atoms with Crippen LogP contribution < -0.4 is 5.32 Å². The zero-order valence-electron chi connectivity index (χ0n) is 11.9. The largest absolute Gasteiger partial charge is 0.480 e. The van der Waals surface area contributed by atoms with Crippen LogP contribution >= 0.6 is 11.8 Å². The van der Waals surface area contributed by atoms with Crippen molar-refractivity contribution in [2.75, 3.05) is 25.1 Å². The lowest BCUT2D eigenvalue weighted by atomic mass is 9.84. The zero-order chi connectivity index (χ0) is 14.5. The number of carbonyl (C=O) groups is 2. The van der Waals surface area contributed by atoms with Gasteiger partial charge in [0.2, 0.25) is 0 Å². The van der Waals surface area contributed by atoms with E-state index < -0.39 is 12.0 Å². The second kappa shape index (κ2) is 7.03. The molecular weight excluding hydrogens is 264 g/mol. The summed E-state index contributed by atoms with van der Waals surface area (Å²) in [6.07, 6.45) is 4.46. The molecule has 2 N–H and O–H groups in total. The van der Waals surface area contributed by atoms with E-state index in [2.05, 4.69) is 19.2 Å². The van der Waals surface area contributed by atoms with Crippen molar-refractivity contribution in [2.45, 2.75) is 39.2 Å². The van der Waals surface area contributed by atoms with Gasteiger partial charge in [0.1, 0.15) is 6.04 Å². The molecule has 1 unspecified atom stereocenters. The fourth-order valence-electron chi connectivity index (χ4n) is 2.33. The molecule has 1 aliphatic heterocycles. The third-order valence-corrected chi connectivity index (χ3v) is 4.04. The van der Waals surface area contributed by atoms with E-state index in [4.69, 9.17) is 5.11 Å². The number of likely N-dealkylation sites (tertiary alicyclic amines) is 1. The Balaban J connectivity index is 2.54. The highest BCUT2D eigenvalue weighted by Crippen LogP contribution is 2.28. The van der Waals surface area contributed by atoms with Gasteiger partial charge in [-0.25, -0.2) is 9.59 Å². The van der Waals surface area contributed by atoms with Crippen LogP contribution in [0.2, 0.25) is 0 Å². The van der Waals surface area contributed by atoms with Gasteiger partial charge >= 0.3 is 12.0 Å². The summed E-state index contributed by atoms with van der Waals surface area (Å²) >= 11 is 1.58. The first-order chi connectivity index (χ1) is 8.85. The average Bonchev–Trinajstić information content (AvgIpc) is 2.32. The van der Waals surface area contributed by atoms with Crippen LogP contribution in [-0.4, -0.2) is 53.1 Å². The molecule has 19 heavy (non-hydrogen) atoms. The molecule has 0 radical (unpaired) electrons. The van der Waals surface area contributed by atoms with E-state index in [1.54, 1.807) is 16.7 Å². The molecule has 110 valence electrons. The molecule has 0 aromatic heterocycles. The van der Waals surface area contributed by atoms with E-state index in [0.29, 0.717) is 19.5 Å². The number of amides is 2. The van der Waals surface area contributed by atoms with Crippen molar-refractivity contribution in [1.82, 2.24) is 10.2 Å². The average molecular weight is 288 g/mol. The van der Waals surface area contributed by atoms with E-state index in [1.165, 1.54) is 0 Å². The number of carbonyl (C=O) groups excluding carboxylic acids is 1. The lowest BCUT2D eigenvalue weighted by Gasteiger charge is -2.38. The molecule has 1 atom stereocenters. The third kappa shape index (κ3) is 5.30. The van der Waals surface area contributed by atoms with Crippen LogP contribution in [0.1, 0.15) is 33.1 Å². The first-order valence-corrected chi connectivity index (χ1v) is 8.02. The van der Waals surface area contributed by atoms with Crippen LogP contribution in [-0.2, 0) is 4.79 Å². The topological polar surface area (TPSA) is 69.6 Å². The number of aliphatic carboxylic acids is 1. The first kappa shape index (κ1) is 16.1. The molecule has 1 aliphatic rings. The number of piperidine rings is 1. The third-order valence-electron chi connectivity index (χ3n) is 3.39. The van der Waals surface area contributed by atoms with Gasteiger partial charge in [-0.05, 0) is 36.7 Å². The van der Waals surface area contributed by atoms with Crippen LogP contribution in [0.15, 0.2) is 0 Å². The van der Waals surface area contributed by atoms with E-state index >= 15 is 0 Å². The maximum Gasteiger partial charge on any atom is 0.326 e. The fourth-order valence-corrected chi connectivity index (χ4v) is 2.80. The summed E-state index contributed by atoms with van der Waals surface area (Å²) in [5.74, 6) is -0.235. The van der Waals surface area contributed by atoms with E-state index in [1.807, 2.05) is 6.26 Å². The Morgan fingerprint density at radius 2 is 2.16 bits per heavy atom. The van der Waals surface area contributed by atoms with Gasteiger partial charge < -0.3 is 15.3 Å². The molecule has 6 heteroatoms. The minimum absolute atomic E-state index is 0.119. The first-order valence-electron chi connectivity index (χ1n) is 6.63. The number of carboxylic acid groups (broad SMARTS) is 1. The molecule has 1 rings (SSSR count). The van der Waals surface area contributed by atoms with Crippen molar-refractivity contribution in [3.8, 4) is 0 Å². The van der Waals surface area contributed by atoms with Crippen molar-refractivity contribution in [2.24, 2.45) is 5.41 Å². The van der Waals surface area contributed by atoms with E-state index in [9.17, 15) is 9.59 Å². The summed E-state index contributed by atoms with van der Waals surface area (Å²) in [7, 11) is 0. The van der Waals surface area contributed by atoms with E-state index in [0.717, 1.165) is 18.6 Å². The number of carboxylic acids is 1. The monoisotopic (exact) mass is 288 g/mol. The van der Waals surface area contributed by atoms with Gasteiger partial charge in [-0.3, -0.25) is 0 Å². The molecule has 0 bridgehead atoms. The quantitative estimate of drug-likeness (QED) is 0.812. The van der Waals surface area contributed by atoms with Gasteiger partial charge in [0.25, 0.3) is 0 Å². The van der Waals surface area contributed by atoms with E-state index in [-0.39, 0.29) is 11.4 Å². The molecule has 0 aliphatic carbocycles. The molecular formula is C13H24N2O3S. The number of urea groups is 1. The highest BCUT2D eigenvalue weighted by atomic mass is 32.2. The second-order valence-corrected chi connectivity index (χ2v) is 6.80. The van der Waals surface area contributed by atoms with Crippen LogP contribution in [0.5, 0.6) is 0 Å². The summed E-state index contributed by atoms with van der Waals surface area (Å²) in [5.41, 5.74) is 0.119. The minimum Gasteiger partial charge on any atom is -0.480 e. The van der Waals surface area contributed by atoms with Crippen molar-refractivity contribution in [1.29, 1.82) is 0 Å². The highest BCUT2D eigenvalue weighted by molar-refractivity contribution is 7.98. The van der Waals surface area contributed by atoms with Crippen molar-refractivity contribution < 1.29 is 14.7 Å². The normalized spacial score (nSPS) is 19.8. The van der Waals surface area contributed by atoms with Crippen LogP contribution in [0, 0.1) is 5.41 Å². The predicted molar refractivity (Wildman–Crippen MR) is 77.5 cm³/mol. The number of nitrogens with one attached hydrogen (secondary N) is 1. The standard InChI is InChI=1S/C13H24N2O3S/c1-13(2)6-4-7-15(9-13)12(18)14-10(11(16)17)5-8-19-3/h10H,4-9H2,1-3H3,(H,14,18)(H,16,17). The molecule has 0 saturated carbocycles. The van der Waals surface area contributed by atoms with Gasteiger partial charge in [-0.15, -0.1) is 0 Å². The van der Waals surface area contributed by atoms with Crippen LogP contribution in [0.3, 0.4) is 0 Å². The SMILES string of the molecule is CSCCC(NC(=O)N1CCCC(C)(C)C1)C(=O)O. The van der Waals surface area contributed by atoms with Crippen LogP contribution in [0.25, 0.3) is 0 Å². The number of hydrogen-bond donors (Lipinski definition) is 2. The molecule has 1 fully saturated rings. The lowest BCUT2D eigenvalue weighted by molar-refractivity contribution is -0.139. The van der Waals surface area contributed by atoms with Gasteiger partial charge in [-0.2, -0.15) is 11.8 Å². The fraction of sp³-hybridized carbons (Fsp3) is 0.846. The number of thioether (sulfide) groups is 1. The maximum absolute atomic E-state index is 12.1. The minimum atomic E-state index is -0.960. The van der Waals surface area contributed by atoms with Crippen molar-refractivity contribution in [3.05, 3.63) is 0 Å². The number of nitrogens with zero attached hydrogens (tertiary/aromatic N) is 1. The Hall–Kier alpha value is -0.910. The van der Waals surface area contributed by atoms with Crippen molar-refractivity contribution >= 4 is 23.8 Å². The molecule has 0 spiro atoms. The summed E-state index contributed by atoms with van der Waals surface area (Å²) in [6, 6.07) is -1.04. The predicted octanol–water partition coefficient (Wildman–Crippen LogP) is 2.02. The van der Waals surface area contributed by atoms with Crippen LogP contribution in [0.4, 0.5) is 4.79 Å². The molecule has 0 aromatic carbocycles. The number of hydrogen-bond acceptors (Lipinski definition) is 3. The summed E-state index contributed by atoms with van der Waals surface area (Å²) in [4.78, 5) is 25.0. The molecule has 0 aromatic rings. The number of rotatable bonds is 5. The zero-order valence-corrected chi connectivity index (χ0v) is 12.8. The summed E-state index contributed by atoms with van der Waals surface area (Å²) in [6.45, 7) is 5.67. The molecule has 5 nitrogen and oxygen atoms in total. The highest BCUT2D eigenvalue weighted by Gasteiger charge is 2.30. The molecule has 1 heterocycles. The van der Waals surface area contributed by atoms with Gasteiger partial charge in [0.05, 0.1) is 0 Å². The lowest BCUT2D eigenvalue weighted by Crippen LogP contribution is -2.52. The second-order valence-electron chi connectivity index (χ2n) is 5.81. The van der Waals surface area contributed by atoms with Gasteiger partial charge in [-0.1, -0.05) is 13.8 Å². The Kier molecular flexibility index (Phi) is 5.97. The Morgan fingerprint density at radius 1 is 1.47 bits per heavy atom. The summed E-state index contributed by atoms with van der Waals surface area (Å²) < 4.78 is 0. The maximum atomic E-state index is 12.1. The summed E-state index contributed by atoms with van der Waals surface area (Å²) in [5, 5.41) is 11.7. The Morgan fingerprint density at radius 3 is 2.68 bits per heavy atom. The molecule has 1 saturated heterocycles. The Labute approximate surface area is 119 Å². The smallest absolute Gasteiger partial charge is 0.326 e. The van der Waals surface area contributed by atoms with Gasteiger partial charge in [0.15, 0.2) is 0 Å².